The van der Waals surface area contributed by atoms with Crippen molar-refractivity contribution >= 4 is 236 Å². The Hall–Kier alpha value is -14.2. The molecule has 14 heteroatoms. The van der Waals surface area contributed by atoms with Gasteiger partial charge in [-0.05, 0) is 259 Å². The van der Waals surface area contributed by atoms with Gasteiger partial charge in [-0.15, -0.1) is 0 Å². The normalized spacial score (nSPS) is 11.8. The van der Waals surface area contributed by atoms with Crippen LogP contribution in [0.3, 0.4) is 0 Å². The van der Waals surface area contributed by atoms with Gasteiger partial charge in [-0.3, -0.25) is 0 Å². The Balaban J connectivity index is 0.000000188. The molecule has 0 radical (unpaired) electrons. The first-order chi connectivity index (χ1) is 59.8. The Morgan fingerprint density at radius 1 is 0.153 bits per heavy atom. The van der Waals surface area contributed by atoms with Crippen molar-refractivity contribution in [3.05, 3.63) is 365 Å². The standard InChI is InChI=1S/C78H42O6.C24H15BO4.C6H3Br3.2CH4/c1-4-10-43(11-5-1)46-16-22-67-55(31-46)61-37-76-64(40-73(61)79-67)58-34-49(19-25-70(58)82-76)52-28-53(50-20-26-71-59(35-50)65-41-74-62(38-77(65)83-71)56-32-47(17-23-68(56)80-74)44-12-6-2-7-13-44)30-54(29-52)51-21-27-72-60(36-51)66-42-75-63(39-78(66)84-72)57-33-48(18-24-69(57)81-75)45-14-8-3-9-15-45;26-25(27)16-7-9-22-18(11-16)20-13-23-19(12-24(20)29-22)17-10-15(6-8-21(17)28-23)14-4-2-1-3-5-14;7-4-1-5(8)3-6(9)2-4;;/h1-42H;1-13,26-27H;1-3H;2*1H4. The molecule has 18 aromatic carbocycles. The van der Waals surface area contributed by atoms with Gasteiger partial charge in [0.25, 0.3) is 0 Å². The fraction of sp³-hybridized carbons (Fsp3) is 0.0182. The van der Waals surface area contributed by atoms with E-state index in [9.17, 15) is 10.0 Å². The SMILES string of the molecule is Brc1cc(Br)cc(Br)c1.C.C.OB(O)c1ccc2oc3cc4c(cc3c2c1)oc1ccc(-c2ccccc2)cc14.c1ccc(-c2ccc3oc4cc5c(cc4c3c2)oc2ccc(-c3cc(-c4ccc6oc7cc8c(cc7c6c4)oc4ccc(-c6ccccc6)cc48)cc(-c4ccc6oc7cc8c(cc7c6c4)oc4ccc(-c6ccccc6)cc48)c3)cc25)cc1. The molecule has 124 heavy (non-hydrogen) atoms. The van der Waals surface area contributed by atoms with Crippen molar-refractivity contribution in [1.82, 2.24) is 0 Å². The summed E-state index contributed by atoms with van der Waals surface area (Å²) in [4.78, 5) is 0. The van der Waals surface area contributed by atoms with Gasteiger partial charge in [-0.2, -0.15) is 0 Å². The summed E-state index contributed by atoms with van der Waals surface area (Å²) in [6, 6.07) is 121. The van der Waals surface area contributed by atoms with Gasteiger partial charge in [0.05, 0.1) is 0 Å². The Kier molecular flexibility index (Phi) is 18.5. The molecule has 0 aliphatic rings. The molecule has 592 valence electrons. The van der Waals surface area contributed by atoms with E-state index in [0.29, 0.717) is 11.0 Å². The molecule has 8 aromatic heterocycles. The number of furan rings is 8. The van der Waals surface area contributed by atoms with Crippen molar-refractivity contribution in [2.24, 2.45) is 0 Å². The summed E-state index contributed by atoms with van der Waals surface area (Å²) < 4.78 is 55.0. The Morgan fingerprint density at radius 3 is 0.516 bits per heavy atom. The summed E-state index contributed by atoms with van der Waals surface area (Å²) in [6.45, 7) is 0. The maximum atomic E-state index is 9.49. The van der Waals surface area contributed by atoms with Crippen LogP contribution in [0.1, 0.15) is 14.9 Å². The van der Waals surface area contributed by atoms with E-state index in [1.165, 1.54) is 0 Å². The molecule has 0 atom stereocenters. The molecule has 0 aliphatic heterocycles. The lowest BCUT2D eigenvalue weighted by atomic mass is 9.80. The number of benzene rings is 18. The first-order valence-electron chi connectivity index (χ1n) is 40.0. The predicted octanol–water partition coefficient (Wildman–Crippen LogP) is 33.2. The van der Waals surface area contributed by atoms with Crippen LogP contribution in [-0.2, 0) is 0 Å². The minimum atomic E-state index is -1.52. The molecule has 26 aromatic rings. The molecule has 0 fully saturated rings. The van der Waals surface area contributed by atoms with Gasteiger partial charge in [0.15, 0.2) is 0 Å². The van der Waals surface area contributed by atoms with Crippen molar-refractivity contribution in [3.8, 4) is 77.9 Å². The van der Waals surface area contributed by atoms with E-state index in [1.54, 1.807) is 18.2 Å². The van der Waals surface area contributed by atoms with Crippen molar-refractivity contribution in [2.45, 2.75) is 14.9 Å². The molecular formula is C110H68BBr3O10. The number of halogens is 3. The van der Waals surface area contributed by atoms with Crippen LogP contribution in [0, 0.1) is 0 Å². The van der Waals surface area contributed by atoms with E-state index in [0.717, 1.165) is 261 Å². The zero-order chi connectivity index (χ0) is 81.1. The molecular weight excluding hydrogens is 1730 g/mol. The first-order valence-corrected chi connectivity index (χ1v) is 42.4. The zero-order valence-corrected chi connectivity index (χ0v) is 69.1. The molecule has 0 amide bonds. The Morgan fingerprint density at radius 2 is 0.323 bits per heavy atom. The number of rotatable bonds is 8. The van der Waals surface area contributed by atoms with E-state index in [-0.39, 0.29) is 14.9 Å². The topological polar surface area (TPSA) is 146 Å². The minimum absolute atomic E-state index is 0. The van der Waals surface area contributed by atoms with Crippen molar-refractivity contribution < 1.29 is 45.4 Å². The third-order valence-corrected chi connectivity index (χ3v) is 25.1. The summed E-state index contributed by atoms with van der Waals surface area (Å²) in [5.74, 6) is 0. The van der Waals surface area contributed by atoms with E-state index in [4.69, 9.17) is 35.3 Å². The molecule has 0 bridgehead atoms. The second kappa shape index (κ2) is 30.1. The van der Waals surface area contributed by atoms with Crippen LogP contribution in [0.25, 0.3) is 253 Å². The quantitative estimate of drug-likeness (QED) is 0.141. The van der Waals surface area contributed by atoms with Gasteiger partial charge in [0.2, 0.25) is 0 Å². The molecule has 0 saturated carbocycles. The molecule has 26 rings (SSSR count). The highest BCUT2D eigenvalue weighted by molar-refractivity contribution is 9.11. The largest absolute Gasteiger partial charge is 0.488 e. The first kappa shape index (κ1) is 76.0. The van der Waals surface area contributed by atoms with Gasteiger partial charge in [-0.1, -0.05) is 239 Å². The van der Waals surface area contributed by atoms with Crippen LogP contribution >= 0.6 is 47.8 Å². The van der Waals surface area contributed by atoms with Gasteiger partial charge < -0.3 is 45.4 Å². The molecule has 0 unspecified atom stereocenters. The lowest BCUT2D eigenvalue weighted by Gasteiger charge is -2.12. The fourth-order valence-corrected chi connectivity index (χ4v) is 20.2. The lowest BCUT2D eigenvalue weighted by Crippen LogP contribution is -2.29. The summed E-state index contributed by atoms with van der Waals surface area (Å²) in [6.07, 6.45) is 0. The molecule has 10 nitrogen and oxygen atoms in total. The summed E-state index contributed by atoms with van der Waals surface area (Å²) in [5.41, 5.74) is 28.9. The Bertz CT molecular complexity index is 8140. The van der Waals surface area contributed by atoms with Gasteiger partial charge >= 0.3 is 7.12 Å². The third-order valence-electron chi connectivity index (χ3n) is 23.8. The second-order valence-electron chi connectivity index (χ2n) is 31.2. The minimum Gasteiger partial charge on any atom is -0.456 e. The average Bonchev–Trinajstić information content (AvgIpc) is 1.61. The third kappa shape index (κ3) is 13.1. The van der Waals surface area contributed by atoms with Crippen molar-refractivity contribution in [2.75, 3.05) is 0 Å². The Labute approximate surface area is 733 Å². The molecule has 8 heterocycles. The van der Waals surface area contributed by atoms with E-state index >= 15 is 0 Å². The average molecular weight is 1800 g/mol. The van der Waals surface area contributed by atoms with E-state index in [1.807, 2.05) is 72.8 Å². The van der Waals surface area contributed by atoms with Crippen molar-refractivity contribution in [1.29, 1.82) is 0 Å². The van der Waals surface area contributed by atoms with Gasteiger partial charge in [0, 0.05) is 99.6 Å². The number of fused-ring (bicyclic) bond motifs is 24. The maximum absolute atomic E-state index is 9.49. The lowest BCUT2D eigenvalue weighted by molar-refractivity contribution is 0.426. The summed E-state index contributed by atoms with van der Waals surface area (Å²) in [5, 5.41) is 35.0. The van der Waals surface area contributed by atoms with Gasteiger partial charge in [0.1, 0.15) is 89.3 Å². The summed E-state index contributed by atoms with van der Waals surface area (Å²) >= 11 is 10.1. The number of hydrogen-bond acceptors (Lipinski definition) is 10. The summed E-state index contributed by atoms with van der Waals surface area (Å²) in [7, 11) is -1.52. The van der Waals surface area contributed by atoms with Crippen LogP contribution in [-0.4, -0.2) is 17.2 Å². The highest BCUT2D eigenvalue weighted by Crippen LogP contribution is 2.47. The second-order valence-corrected chi connectivity index (χ2v) is 33.9. The monoisotopic (exact) mass is 1800 g/mol. The van der Waals surface area contributed by atoms with E-state index < -0.39 is 7.12 Å². The fourth-order valence-electron chi connectivity index (χ4n) is 17.8. The van der Waals surface area contributed by atoms with Crippen LogP contribution < -0.4 is 5.46 Å². The molecule has 0 spiro atoms. The van der Waals surface area contributed by atoms with Crippen LogP contribution in [0.5, 0.6) is 0 Å². The molecule has 0 aliphatic carbocycles. The highest BCUT2D eigenvalue weighted by Gasteiger charge is 2.23. The van der Waals surface area contributed by atoms with Crippen LogP contribution in [0.15, 0.2) is 401 Å². The van der Waals surface area contributed by atoms with Gasteiger partial charge in [-0.25, -0.2) is 0 Å². The van der Waals surface area contributed by atoms with Crippen molar-refractivity contribution in [3.63, 3.8) is 0 Å². The van der Waals surface area contributed by atoms with E-state index in [2.05, 4.69) is 309 Å². The smallest absolute Gasteiger partial charge is 0.456 e. The predicted molar refractivity (Wildman–Crippen MR) is 522 cm³/mol. The van der Waals surface area contributed by atoms with Crippen LogP contribution in [0.4, 0.5) is 0 Å². The maximum Gasteiger partial charge on any atom is 0.488 e. The molecule has 0 saturated heterocycles. The zero-order valence-electron chi connectivity index (χ0n) is 64.4. The number of hydrogen-bond donors (Lipinski definition) is 2. The highest BCUT2D eigenvalue weighted by atomic mass is 79.9. The molecule has 2 N–H and O–H groups in total. The van der Waals surface area contributed by atoms with Crippen LogP contribution in [0.2, 0.25) is 0 Å².